The van der Waals surface area contributed by atoms with Crippen molar-refractivity contribution < 1.29 is 45.6 Å². The maximum Gasteiger partial charge on any atom is 0.573 e. The second-order valence-corrected chi connectivity index (χ2v) is 10.9. The average molecular weight is 610 g/mol. The highest BCUT2D eigenvalue weighted by molar-refractivity contribution is 6.30. The highest BCUT2D eigenvalue weighted by atomic mass is 19.4. The molecule has 0 spiro atoms. The van der Waals surface area contributed by atoms with Crippen LogP contribution in [0.15, 0.2) is 30.3 Å². The average Bonchev–Trinajstić information content (AvgIpc) is 3.36. The SMILES string of the molecule is COCC[N+]1=C=C(C(=O)N2CCC(c3cc(CNC(=O)C(N)C(C)C)ccc3F)CC2)c2c(OC(F)(F)F)ccc(F)c21. The van der Waals surface area contributed by atoms with Gasteiger partial charge in [-0.25, -0.2) is 4.39 Å². The molecule has 4 rings (SSSR count). The van der Waals surface area contributed by atoms with Gasteiger partial charge in [0.2, 0.25) is 5.91 Å². The van der Waals surface area contributed by atoms with Crippen LogP contribution in [-0.2, 0) is 20.9 Å². The molecule has 1 unspecified atom stereocenters. The first-order valence-corrected chi connectivity index (χ1v) is 13.9. The third-order valence-electron chi connectivity index (χ3n) is 7.59. The van der Waals surface area contributed by atoms with Crippen molar-refractivity contribution in [1.82, 2.24) is 10.2 Å². The van der Waals surface area contributed by atoms with Gasteiger partial charge in [0.1, 0.15) is 23.7 Å². The Labute approximate surface area is 245 Å². The molecule has 2 aliphatic rings. The molecule has 232 valence electrons. The number of carbonyl (C=O) groups is 2. The van der Waals surface area contributed by atoms with Crippen LogP contribution in [0.3, 0.4) is 0 Å². The van der Waals surface area contributed by atoms with E-state index in [0.717, 1.165) is 12.1 Å². The molecule has 8 nitrogen and oxygen atoms in total. The van der Waals surface area contributed by atoms with Crippen molar-refractivity contribution in [1.29, 1.82) is 0 Å². The van der Waals surface area contributed by atoms with E-state index in [1.807, 2.05) is 13.8 Å². The smallest absolute Gasteiger partial charge is 0.405 e. The van der Waals surface area contributed by atoms with Gasteiger partial charge >= 0.3 is 6.36 Å². The lowest BCUT2D eigenvalue weighted by Gasteiger charge is -2.32. The molecule has 0 saturated carbocycles. The Kier molecular flexibility index (Phi) is 9.89. The number of nitrogens with two attached hydrogens (primary N) is 1. The van der Waals surface area contributed by atoms with Crippen molar-refractivity contribution >= 4 is 28.9 Å². The van der Waals surface area contributed by atoms with Crippen LogP contribution in [0.1, 0.15) is 49.3 Å². The number of carbonyl (C=O) groups excluding carboxylic acids is 2. The van der Waals surface area contributed by atoms with Crippen molar-refractivity contribution in [2.45, 2.75) is 51.6 Å². The van der Waals surface area contributed by atoms with Crippen LogP contribution in [0.5, 0.6) is 5.75 Å². The molecule has 1 fully saturated rings. The molecular weight excluding hydrogens is 575 g/mol. The van der Waals surface area contributed by atoms with Gasteiger partial charge in [-0.05, 0) is 54.0 Å². The summed E-state index contributed by atoms with van der Waals surface area (Å²) >= 11 is 0. The highest BCUT2D eigenvalue weighted by Gasteiger charge is 2.42. The molecule has 13 heteroatoms. The van der Waals surface area contributed by atoms with Gasteiger partial charge in [0.15, 0.2) is 23.8 Å². The van der Waals surface area contributed by atoms with Crippen LogP contribution >= 0.6 is 0 Å². The third kappa shape index (κ3) is 7.41. The Hall–Kier alpha value is -3.80. The Morgan fingerprint density at radius 2 is 1.81 bits per heavy atom. The predicted molar refractivity (Wildman–Crippen MR) is 148 cm³/mol. The summed E-state index contributed by atoms with van der Waals surface area (Å²) in [6, 6.07) is 5.59. The first-order chi connectivity index (χ1) is 20.3. The highest BCUT2D eigenvalue weighted by Crippen LogP contribution is 2.42. The topological polar surface area (TPSA) is 96.9 Å². The minimum atomic E-state index is -5.07. The van der Waals surface area contributed by atoms with Crippen LogP contribution in [0.4, 0.5) is 27.6 Å². The molecule has 2 aromatic rings. The molecule has 0 aliphatic carbocycles. The number of amides is 2. The maximum atomic E-state index is 14.9. The standard InChI is InChI=1S/C30H33F5N4O4/c1-17(2)26(36)28(40)37-15-18-4-5-22(31)20(14-18)19-8-10-38(11-9-19)29(41)21-16-39(12-13-42-3)27-23(32)6-7-24(25(21)27)43-30(33,34)35/h4-7,14,17,19,26H,8-13,15,36H2,1-3H3/p+1. The molecule has 0 aromatic heterocycles. The van der Waals surface area contributed by atoms with E-state index in [2.05, 4.69) is 15.9 Å². The van der Waals surface area contributed by atoms with Crippen molar-refractivity contribution in [3.8, 4) is 5.75 Å². The summed E-state index contributed by atoms with van der Waals surface area (Å²) in [5.41, 5.74) is 6.17. The first kappa shape index (κ1) is 32.1. The molecule has 0 bridgehead atoms. The molecular formula is C30H34F5N4O4+. The van der Waals surface area contributed by atoms with E-state index in [-0.39, 0.29) is 67.4 Å². The van der Waals surface area contributed by atoms with E-state index in [4.69, 9.17) is 10.5 Å². The van der Waals surface area contributed by atoms with Crippen LogP contribution in [0.2, 0.25) is 0 Å². The van der Waals surface area contributed by atoms with E-state index in [1.54, 1.807) is 12.1 Å². The fraction of sp³-hybridized carbons (Fsp3) is 0.467. The fourth-order valence-electron chi connectivity index (χ4n) is 5.19. The zero-order valence-electron chi connectivity index (χ0n) is 24.1. The summed E-state index contributed by atoms with van der Waals surface area (Å²) in [7, 11) is 1.41. The number of halogens is 5. The Morgan fingerprint density at radius 1 is 1.14 bits per heavy atom. The van der Waals surface area contributed by atoms with Gasteiger partial charge < -0.3 is 25.4 Å². The lowest BCUT2D eigenvalue weighted by atomic mass is 9.87. The number of alkyl halides is 3. The monoisotopic (exact) mass is 609 g/mol. The second-order valence-electron chi connectivity index (χ2n) is 10.9. The molecule has 2 heterocycles. The third-order valence-corrected chi connectivity index (χ3v) is 7.59. The van der Waals surface area contributed by atoms with E-state index < -0.39 is 35.7 Å². The van der Waals surface area contributed by atoms with Crippen molar-refractivity contribution in [2.24, 2.45) is 11.7 Å². The van der Waals surface area contributed by atoms with Crippen molar-refractivity contribution in [3.63, 3.8) is 0 Å². The molecule has 2 aromatic carbocycles. The normalized spacial score (nSPS) is 16.1. The second kappa shape index (κ2) is 13.2. The minimum absolute atomic E-state index is 0.0359. The molecule has 3 N–H and O–H groups in total. The zero-order chi connectivity index (χ0) is 31.5. The van der Waals surface area contributed by atoms with Gasteiger partial charge in [0.25, 0.3) is 11.6 Å². The van der Waals surface area contributed by atoms with E-state index in [9.17, 15) is 31.5 Å². The minimum Gasteiger partial charge on any atom is -0.405 e. The lowest BCUT2D eigenvalue weighted by Crippen LogP contribution is -2.43. The number of piperidine rings is 1. The van der Waals surface area contributed by atoms with Crippen LogP contribution in [-0.4, -0.2) is 72.9 Å². The Morgan fingerprint density at radius 3 is 2.44 bits per heavy atom. The number of likely N-dealkylation sites (tertiary alicyclic amines) is 1. The number of ether oxygens (including phenoxy) is 2. The summed E-state index contributed by atoms with van der Waals surface area (Å²) in [5.74, 6) is -0.470. The van der Waals surface area contributed by atoms with Crippen molar-refractivity contribution in [3.05, 3.63) is 58.7 Å². The van der Waals surface area contributed by atoms with Gasteiger partial charge in [-0.15, -0.1) is 17.7 Å². The van der Waals surface area contributed by atoms with E-state index in [1.165, 1.54) is 22.7 Å². The van der Waals surface area contributed by atoms with Gasteiger partial charge in [0.05, 0.1) is 6.04 Å². The number of fused-ring (bicyclic) bond motifs is 1. The molecule has 0 radical (unpaired) electrons. The number of hydrogen-bond acceptors (Lipinski definition) is 5. The summed E-state index contributed by atoms with van der Waals surface area (Å²) in [6.07, 6.45) is -4.32. The number of nitrogens with one attached hydrogen (secondary N) is 1. The number of methoxy groups -OCH3 is 1. The summed E-state index contributed by atoms with van der Waals surface area (Å²) in [5, 5.41) is 2.76. The number of hydrogen-bond donors (Lipinski definition) is 2. The van der Waals surface area contributed by atoms with Crippen LogP contribution < -0.4 is 15.8 Å². The van der Waals surface area contributed by atoms with Crippen LogP contribution in [0.25, 0.3) is 5.57 Å². The van der Waals surface area contributed by atoms with Gasteiger partial charge in [0, 0.05) is 26.7 Å². The maximum absolute atomic E-state index is 14.9. The van der Waals surface area contributed by atoms with Crippen molar-refractivity contribution in [2.75, 3.05) is 33.4 Å². The number of nitrogens with zero attached hydrogens (tertiary/aromatic N) is 2. The molecule has 1 saturated heterocycles. The van der Waals surface area contributed by atoms with Gasteiger partial charge in [-0.1, -0.05) is 26.0 Å². The Balaban J connectivity index is 1.51. The summed E-state index contributed by atoms with van der Waals surface area (Å²) in [6.45, 7) is 4.33. The fourth-order valence-corrected chi connectivity index (χ4v) is 5.19. The molecule has 2 amide bonds. The first-order valence-electron chi connectivity index (χ1n) is 13.9. The van der Waals surface area contributed by atoms with Gasteiger partial charge in [-0.2, -0.15) is 4.39 Å². The molecule has 2 aliphatic heterocycles. The van der Waals surface area contributed by atoms with Gasteiger partial charge in [-0.3, -0.25) is 9.59 Å². The number of benzene rings is 2. The zero-order valence-corrected chi connectivity index (χ0v) is 24.1. The lowest BCUT2D eigenvalue weighted by molar-refractivity contribution is -0.437. The Bertz CT molecular complexity index is 1440. The quantitative estimate of drug-likeness (QED) is 0.311. The predicted octanol–water partition coefficient (Wildman–Crippen LogP) is 4.23. The van der Waals surface area contributed by atoms with E-state index in [0.29, 0.717) is 24.0 Å². The molecule has 1 atom stereocenters. The largest absolute Gasteiger partial charge is 0.573 e. The summed E-state index contributed by atoms with van der Waals surface area (Å²) in [4.78, 5) is 27.3. The van der Waals surface area contributed by atoms with E-state index >= 15 is 0 Å². The van der Waals surface area contributed by atoms with Crippen LogP contribution in [0, 0.1) is 17.6 Å². The summed E-state index contributed by atoms with van der Waals surface area (Å²) < 4.78 is 79.7. The number of rotatable bonds is 10. The molecule has 43 heavy (non-hydrogen) atoms.